The standard InChI is InChI=1S/C19H23N3O3/c1-21(11-15-7-9-20-10-8-15)17-12-22(13-18(17)23)19(24)25-14-16-5-3-2-4-6-16/h2-10,17-18,23H,11-14H2,1H3/t17-,18-/m1/s1. The van der Waals surface area contributed by atoms with Crippen LogP contribution in [0, 0.1) is 0 Å². The molecule has 1 amide bonds. The molecule has 6 nitrogen and oxygen atoms in total. The highest BCUT2D eigenvalue weighted by atomic mass is 16.6. The summed E-state index contributed by atoms with van der Waals surface area (Å²) in [6, 6.07) is 13.4. The van der Waals surface area contributed by atoms with E-state index < -0.39 is 6.10 Å². The number of β-amino-alcohol motifs (C(OH)–C–C–N with tert-alkyl or cyclic N) is 1. The summed E-state index contributed by atoms with van der Waals surface area (Å²) in [5.74, 6) is 0. The number of likely N-dealkylation sites (tertiary alicyclic amines) is 1. The van der Waals surface area contributed by atoms with Gasteiger partial charge in [0.1, 0.15) is 6.61 Å². The summed E-state index contributed by atoms with van der Waals surface area (Å²) in [7, 11) is 1.95. The van der Waals surface area contributed by atoms with Crippen LogP contribution >= 0.6 is 0 Å². The second-order valence-electron chi connectivity index (χ2n) is 6.35. The highest BCUT2D eigenvalue weighted by Gasteiger charge is 2.37. The molecule has 0 radical (unpaired) electrons. The van der Waals surface area contributed by atoms with Gasteiger partial charge in [-0.3, -0.25) is 9.88 Å². The molecule has 6 heteroatoms. The zero-order valence-electron chi connectivity index (χ0n) is 14.3. The molecule has 132 valence electrons. The fourth-order valence-corrected chi connectivity index (χ4v) is 3.06. The van der Waals surface area contributed by atoms with Crippen molar-refractivity contribution in [1.82, 2.24) is 14.8 Å². The molecule has 0 bridgehead atoms. The number of ether oxygens (including phenoxy) is 1. The Morgan fingerprint density at radius 2 is 1.92 bits per heavy atom. The molecule has 2 aromatic rings. The van der Waals surface area contributed by atoms with Crippen molar-refractivity contribution in [3.05, 3.63) is 66.0 Å². The SMILES string of the molecule is CN(Cc1ccncc1)[C@@H]1CN(C(=O)OCc2ccccc2)C[C@H]1O. The summed E-state index contributed by atoms with van der Waals surface area (Å²) in [6.07, 6.45) is 2.53. The van der Waals surface area contributed by atoms with Gasteiger partial charge in [-0.2, -0.15) is 0 Å². The van der Waals surface area contributed by atoms with E-state index >= 15 is 0 Å². The van der Waals surface area contributed by atoms with E-state index in [-0.39, 0.29) is 18.7 Å². The maximum absolute atomic E-state index is 12.3. The van der Waals surface area contributed by atoms with Crippen LogP contribution < -0.4 is 0 Å². The van der Waals surface area contributed by atoms with E-state index in [2.05, 4.69) is 9.88 Å². The Balaban J connectivity index is 1.52. The van der Waals surface area contributed by atoms with Crippen LogP contribution in [-0.2, 0) is 17.9 Å². The molecular formula is C19H23N3O3. The maximum Gasteiger partial charge on any atom is 0.410 e. The lowest BCUT2D eigenvalue weighted by Gasteiger charge is -2.26. The number of aliphatic hydroxyl groups is 1. The van der Waals surface area contributed by atoms with Crippen molar-refractivity contribution >= 4 is 6.09 Å². The van der Waals surface area contributed by atoms with E-state index in [1.807, 2.05) is 49.5 Å². The molecule has 0 aliphatic carbocycles. The second-order valence-corrected chi connectivity index (χ2v) is 6.35. The fourth-order valence-electron chi connectivity index (χ4n) is 3.06. The van der Waals surface area contributed by atoms with Crippen LogP contribution in [0.15, 0.2) is 54.9 Å². The lowest BCUT2D eigenvalue weighted by molar-refractivity contribution is 0.0911. The van der Waals surface area contributed by atoms with Crippen LogP contribution in [0.4, 0.5) is 4.79 Å². The molecule has 1 aliphatic rings. The van der Waals surface area contributed by atoms with Crippen LogP contribution in [0.3, 0.4) is 0 Å². The Hall–Kier alpha value is -2.44. The van der Waals surface area contributed by atoms with Gasteiger partial charge >= 0.3 is 6.09 Å². The van der Waals surface area contributed by atoms with E-state index in [1.54, 1.807) is 17.3 Å². The molecule has 0 spiro atoms. The largest absolute Gasteiger partial charge is 0.445 e. The third-order valence-corrected chi connectivity index (χ3v) is 4.47. The van der Waals surface area contributed by atoms with Gasteiger partial charge in [0.05, 0.1) is 18.7 Å². The number of likely N-dealkylation sites (N-methyl/N-ethyl adjacent to an activating group) is 1. The average Bonchev–Trinajstić information content (AvgIpc) is 3.03. The summed E-state index contributed by atoms with van der Waals surface area (Å²) in [6.45, 7) is 1.68. The third-order valence-electron chi connectivity index (χ3n) is 4.47. The van der Waals surface area contributed by atoms with Crippen molar-refractivity contribution in [3.8, 4) is 0 Å². The van der Waals surface area contributed by atoms with Gasteiger partial charge in [0.15, 0.2) is 0 Å². The van der Waals surface area contributed by atoms with Gasteiger partial charge in [-0.25, -0.2) is 4.79 Å². The van der Waals surface area contributed by atoms with Crippen LogP contribution in [0.2, 0.25) is 0 Å². The first-order valence-corrected chi connectivity index (χ1v) is 8.36. The maximum atomic E-state index is 12.3. The molecule has 0 unspecified atom stereocenters. The van der Waals surface area contributed by atoms with Crippen LogP contribution in [0.5, 0.6) is 0 Å². The van der Waals surface area contributed by atoms with E-state index in [0.29, 0.717) is 19.6 Å². The topological polar surface area (TPSA) is 65.9 Å². The molecule has 2 heterocycles. The highest BCUT2D eigenvalue weighted by Crippen LogP contribution is 2.18. The number of nitrogens with zero attached hydrogens (tertiary/aromatic N) is 3. The lowest BCUT2D eigenvalue weighted by Crippen LogP contribution is -2.40. The number of aliphatic hydroxyl groups excluding tert-OH is 1. The predicted molar refractivity (Wildman–Crippen MR) is 93.7 cm³/mol. The number of rotatable bonds is 5. The number of amides is 1. The van der Waals surface area contributed by atoms with Gasteiger partial charge in [-0.15, -0.1) is 0 Å². The van der Waals surface area contributed by atoms with Gasteiger partial charge in [-0.1, -0.05) is 30.3 Å². The first-order chi connectivity index (χ1) is 12.1. The third kappa shape index (κ3) is 4.55. The molecule has 3 rings (SSSR count). The fraction of sp³-hybridized carbons (Fsp3) is 0.368. The van der Waals surface area contributed by atoms with Crippen LogP contribution in [0.1, 0.15) is 11.1 Å². The molecule has 1 N–H and O–H groups in total. The van der Waals surface area contributed by atoms with Crippen molar-refractivity contribution in [1.29, 1.82) is 0 Å². The molecule has 1 fully saturated rings. The molecule has 1 saturated heterocycles. The molecule has 1 aromatic heterocycles. The number of hydrogen-bond donors (Lipinski definition) is 1. The van der Waals surface area contributed by atoms with E-state index in [1.165, 1.54) is 0 Å². The van der Waals surface area contributed by atoms with E-state index in [4.69, 9.17) is 4.74 Å². The van der Waals surface area contributed by atoms with E-state index in [0.717, 1.165) is 11.1 Å². The predicted octanol–water partition coefficient (Wildman–Crippen LogP) is 1.90. The molecule has 2 atom stereocenters. The number of carbonyl (C=O) groups is 1. The zero-order valence-corrected chi connectivity index (χ0v) is 14.3. The van der Waals surface area contributed by atoms with Crippen molar-refractivity contribution in [2.24, 2.45) is 0 Å². The van der Waals surface area contributed by atoms with Crippen LogP contribution in [0.25, 0.3) is 0 Å². The minimum absolute atomic E-state index is 0.113. The highest BCUT2D eigenvalue weighted by molar-refractivity contribution is 5.68. The monoisotopic (exact) mass is 341 g/mol. The Morgan fingerprint density at radius 3 is 2.64 bits per heavy atom. The minimum atomic E-state index is -0.587. The summed E-state index contributed by atoms with van der Waals surface area (Å²) in [5.41, 5.74) is 2.07. The average molecular weight is 341 g/mol. The normalized spacial score (nSPS) is 20.0. The summed E-state index contributed by atoms with van der Waals surface area (Å²) in [4.78, 5) is 19.9. The van der Waals surface area contributed by atoms with Gasteiger partial charge in [-0.05, 0) is 30.3 Å². The Labute approximate surface area is 147 Å². The summed E-state index contributed by atoms with van der Waals surface area (Å²) >= 11 is 0. The lowest BCUT2D eigenvalue weighted by atomic mass is 10.1. The molecule has 0 saturated carbocycles. The van der Waals surface area contributed by atoms with Crippen molar-refractivity contribution in [2.75, 3.05) is 20.1 Å². The van der Waals surface area contributed by atoms with E-state index in [9.17, 15) is 9.90 Å². The Kier molecular flexibility index (Phi) is 5.63. The number of pyridine rings is 1. The van der Waals surface area contributed by atoms with Gasteiger partial charge < -0.3 is 14.7 Å². The number of aromatic nitrogens is 1. The molecule has 25 heavy (non-hydrogen) atoms. The number of hydrogen-bond acceptors (Lipinski definition) is 5. The van der Waals surface area contributed by atoms with Gasteiger partial charge in [0, 0.05) is 25.5 Å². The summed E-state index contributed by atoms with van der Waals surface area (Å²) in [5, 5.41) is 10.3. The zero-order chi connectivity index (χ0) is 17.6. The van der Waals surface area contributed by atoms with Crippen molar-refractivity contribution in [2.45, 2.75) is 25.3 Å². The van der Waals surface area contributed by atoms with Gasteiger partial charge in [0.25, 0.3) is 0 Å². The molecular weight excluding hydrogens is 318 g/mol. The second kappa shape index (κ2) is 8.09. The van der Waals surface area contributed by atoms with Crippen LogP contribution in [-0.4, -0.2) is 58.3 Å². The minimum Gasteiger partial charge on any atom is -0.445 e. The molecule has 1 aromatic carbocycles. The van der Waals surface area contributed by atoms with Crippen molar-refractivity contribution in [3.63, 3.8) is 0 Å². The molecule has 1 aliphatic heterocycles. The number of benzene rings is 1. The van der Waals surface area contributed by atoms with Crippen molar-refractivity contribution < 1.29 is 14.6 Å². The summed E-state index contributed by atoms with van der Waals surface area (Å²) < 4.78 is 5.36. The van der Waals surface area contributed by atoms with Gasteiger partial charge in [0.2, 0.25) is 0 Å². The first kappa shape index (κ1) is 17.4. The number of carbonyl (C=O) groups excluding carboxylic acids is 1. The smallest absolute Gasteiger partial charge is 0.410 e. The Bertz CT molecular complexity index is 681. The Morgan fingerprint density at radius 1 is 1.20 bits per heavy atom. The first-order valence-electron chi connectivity index (χ1n) is 8.36. The quantitative estimate of drug-likeness (QED) is 0.900.